The van der Waals surface area contributed by atoms with Crippen LogP contribution in [0.1, 0.15) is 11.3 Å². The molecule has 7 nitrogen and oxygen atoms in total. The Morgan fingerprint density at radius 2 is 2.20 bits per heavy atom. The van der Waals surface area contributed by atoms with Crippen LogP contribution in [0.3, 0.4) is 0 Å². The predicted molar refractivity (Wildman–Crippen MR) is 78.3 cm³/mol. The summed E-state index contributed by atoms with van der Waals surface area (Å²) in [6.07, 6.45) is 3.21. The number of hydrogen-bond acceptors (Lipinski definition) is 5. The molecule has 20 heavy (non-hydrogen) atoms. The van der Waals surface area contributed by atoms with E-state index in [1.165, 1.54) is 12.3 Å². The van der Waals surface area contributed by atoms with Crippen molar-refractivity contribution in [2.24, 2.45) is 7.05 Å². The molecule has 2 rings (SSSR count). The maximum absolute atomic E-state index is 12.2. The highest BCUT2D eigenvalue weighted by Gasteiger charge is 2.19. The summed E-state index contributed by atoms with van der Waals surface area (Å²) in [5.41, 5.74) is 7.19. The number of pyridine rings is 1. The highest BCUT2D eigenvalue weighted by molar-refractivity contribution is 9.10. The summed E-state index contributed by atoms with van der Waals surface area (Å²) in [4.78, 5) is 3.77. The van der Waals surface area contributed by atoms with E-state index in [0.717, 1.165) is 11.3 Å². The molecule has 0 aromatic carbocycles. The third-order valence-corrected chi connectivity index (χ3v) is 4.57. The minimum Gasteiger partial charge on any atom is -0.383 e. The van der Waals surface area contributed by atoms with E-state index in [-0.39, 0.29) is 17.3 Å². The van der Waals surface area contributed by atoms with Crippen LogP contribution in [-0.4, -0.2) is 23.2 Å². The average Bonchev–Trinajstić information content (AvgIpc) is 2.68. The molecule has 2 heterocycles. The Kier molecular flexibility index (Phi) is 4.11. The molecule has 0 aliphatic carbocycles. The lowest BCUT2D eigenvalue weighted by Crippen LogP contribution is -2.24. The molecule has 0 bridgehead atoms. The molecular formula is C11H14BrN5O2S. The van der Waals surface area contributed by atoms with E-state index in [1.54, 1.807) is 17.9 Å². The Morgan fingerprint density at radius 3 is 2.80 bits per heavy atom. The van der Waals surface area contributed by atoms with Gasteiger partial charge >= 0.3 is 0 Å². The third kappa shape index (κ3) is 3.17. The molecule has 0 fully saturated rings. The number of rotatable bonds is 4. The number of aryl methyl sites for hydroxylation is 2. The van der Waals surface area contributed by atoms with Gasteiger partial charge in [-0.25, -0.2) is 18.1 Å². The molecule has 0 aliphatic heterocycles. The predicted octanol–water partition coefficient (Wildman–Crippen LogP) is 0.947. The standard InChI is InChI=1S/C11H14BrN5O2S/c1-7-8(6-17(2)16-7)4-15-20(18,19)10-3-9(12)5-14-11(10)13/h3,5-6,15H,4H2,1-2H3,(H2,13,14). The van der Waals surface area contributed by atoms with Gasteiger partial charge in [-0.2, -0.15) is 5.10 Å². The summed E-state index contributed by atoms with van der Waals surface area (Å²) in [6, 6.07) is 1.42. The van der Waals surface area contributed by atoms with Crippen molar-refractivity contribution < 1.29 is 8.42 Å². The van der Waals surface area contributed by atoms with Crippen LogP contribution in [0, 0.1) is 6.92 Å². The van der Waals surface area contributed by atoms with E-state index in [0.29, 0.717) is 4.47 Å². The molecule has 0 saturated heterocycles. The number of nitrogens with one attached hydrogen (secondary N) is 1. The van der Waals surface area contributed by atoms with E-state index >= 15 is 0 Å². The second-order valence-corrected chi connectivity index (χ2v) is 6.93. The fourth-order valence-electron chi connectivity index (χ4n) is 1.72. The zero-order valence-electron chi connectivity index (χ0n) is 11.0. The van der Waals surface area contributed by atoms with Gasteiger partial charge in [-0.1, -0.05) is 0 Å². The average molecular weight is 360 g/mol. The Bertz CT molecular complexity index is 741. The summed E-state index contributed by atoms with van der Waals surface area (Å²) in [6.45, 7) is 1.96. The van der Waals surface area contributed by atoms with Gasteiger partial charge in [0.25, 0.3) is 0 Å². The van der Waals surface area contributed by atoms with E-state index in [2.05, 4.69) is 30.7 Å². The van der Waals surface area contributed by atoms with Gasteiger partial charge in [0.1, 0.15) is 10.7 Å². The lowest BCUT2D eigenvalue weighted by Gasteiger charge is -2.08. The molecule has 2 aromatic rings. The van der Waals surface area contributed by atoms with Crippen molar-refractivity contribution in [1.82, 2.24) is 19.5 Å². The van der Waals surface area contributed by atoms with Gasteiger partial charge in [0.05, 0.1) is 5.69 Å². The molecule has 0 atom stereocenters. The SMILES string of the molecule is Cc1nn(C)cc1CNS(=O)(=O)c1cc(Br)cnc1N. The van der Waals surface area contributed by atoms with Crippen molar-refractivity contribution in [1.29, 1.82) is 0 Å². The monoisotopic (exact) mass is 359 g/mol. The van der Waals surface area contributed by atoms with Crippen LogP contribution < -0.4 is 10.5 Å². The Morgan fingerprint density at radius 1 is 1.50 bits per heavy atom. The minimum absolute atomic E-state index is 0.0383. The summed E-state index contributed by atoms with van der Waals surface area (Å²) in [5, 5.41) is 4.15. The van der Waals surface area contributed by atoms with Gasteiger partial charge in [-0.15, -0.1) is 0 Å². The van der Waals surface area contributed by atoms with Gasteiger partial charge in [-0.3, -0.25) is 4.68 Å². The quantitative estimate of drug-likeness (QED) is 0.845. The summed E-state index contributed by atoms with van der Waals surface area (Å²) in [7, 11) is -1.94. The van der Waals surface area contributed by atoms with Gasteiger partial charge in [-0.05, 0) is 28.9 Å². The van der Waals surface area contributed by atoms with Crippen LogP contribution >= 0.6 is 15.9 Å². The van der Waals surface area contributed by atoms with E-state index in [4.69, 9.17) is 5.73 Å². The molecule has 0 aliphatic rings. The van der Waals surface area contributed by atoms with Crippen LogP contribution in [0.5, 0.6) is 0 Å². The molecule has 0 spiro atoms. The molecule has 9 heteroatoms. The summed E-state index contributed by atoms with van der Waals surface area (Å²) in [5.74, 6) is -0.0383. The van der Waals surface area contributed by atoms with Crippen LogP contribution in [0.2, 0.25) is 0 Å². The van der Waals surface area contributed by atoms with E-state index in [1.807, 2.05) is 6.92 Å². The third-order valence-electron chi connectivity index (χ3n) is 2.71. The van der Waals surface area contributed by atoms with Crippen molar-refractivity contribution in [3.63, 3.8) is 0 Å². The van der Waals surface area contributed by atoms with Crippen LogP contribution in [0.15, 0.2) is 27.8 Å². The molecule has 0 unspecified atom stereocenters. The Labute approximate surface area is 125 Å². The van der Waals surface area contributed by atoms with Crippen molar-refractivity contribution in [3.05, 3.63) is 34.2 Å². The van der Waals surface area contributed by atoms with E-state index in [9.17, 15) is 8.42 Å². The molecule has 0 radical (unpaired) electrons. The zero-order chi connectivity index (χ0) is 14.9. The lowest BCUT2D eigenvalue weighted by molar-refractivity contribution is 0.581. The fourth-order valence-corrected chi connectivity index (χ4v) is 3.31. The Balaban J connectivity index is 2.23. The maximum atomic E-state index is 12.2. The van der Waals surface area contributed by atoms with Gasteiger partial charge < -0.3 is 5.73 Å². The van der Waals surface area contributed by atoms with E-state index < -0.39 is 10.0 Å². The number of hydrogen-bond donors (Lipinski definition) is 2. The second-order valence-electron chi connectivity index (χ2n) is 4.27. The molecule has 0 amide bonds. The normalized spacial score (nSPS) is 11.8. The maximum Gasteiger partial charge on any atom is 0.244 e. The zero-order valence-corrected chi connectivity index (χ0v) is 13.4. The first kappa shape index (κ1) is 14.9. The van der Waals surface area contributed by atoms with Gasteiger partial charge in [0, 0.05) is 36.0 Å². The first-order chi connectivity index (χ1) is 9.29. The second kappa shape index (κ2) is 5.51. The fraction of sp³-hybridized carbons (Fsp3) is 0.273. The Hall–Kier alpha value is -1.45. The molecule has 108 valence electrons. The summed E-state index contributed by atoms with van der Waals surface area (Å²) >= 11 is 3.18. The van der Waals surface area contributed by atoms with Crippen molar-refractivity contribution in [2.45, 2.75) is 18.4 Å². The number of nitrogens with two attached hydrogens (primary N) is 1. The molecular weight excluding hydrogens is 346 g/mol. The molecule has 0 saturated carbocycles. The van der Waals surface area contributed by atoms with Gasteiger partial charge in [0.2, 0.25) is 10.0 Å². The number of aromatic nitrogens is 3. The minimum atomic E-state index is -3.72. The molecule has 3 N–H and O–H groups in total. The molecule has 2 aromatic heterocycles. The van der Waals surface area contributed by atoms with Crippen LogP contribution in [0.25, 0.3) is 0 Å². The number of halogens is 1. The highest BCUT2D eigenvalue weighted by Crippen LogP contribution is 2.20. The number of nitrogen functional groups attached to an aromatic ring is 1. The van der Waals surface area contributed by atoms with Crippen LogP contribution in [-0.2, 0) is 23.6 Å². The highest BCUT2D eigenvalue weighted by atomic mass is 79.9. The van der Waals surface area contributed by atoms with Crippen molar-refractivity contribution in [3.8, 4) is 0 Å². The number of anilines is 1. The topological polar surface area (TPSA) is 103 Å². The summed E-state index contributed by atoms with van der Waals surface area (Å²) < 4.78 is 29.1. The number of sulfonamides is 1. The first-order valence-corrected chi connectivity index (χ1v) is 7.97. The first-order valence-electron chi connectivity index (χ1n) is 5.69. The van der Waals surface area contributed by atoms with Crippen LogP contribution in [0.4, 0.5) is 5.82 Å². The number of nitrogens with zero attached hydrogens (tertiary/aromatic N) is 3. The largest absolute Gasteiger partial charge is 0.383 e. The van der Waals surface area contributed by atoms with Crippen molar-refractivity contribution >= 4 is 31.8 Å². The van der Waals surface area contributed by atoms with Crippen molar-refractivity contribution in [2.75, 3.05) is 5.73 Å². The smallest absolute Gasteiger partial charge is 0.244 e. The lowest BCUT2D eigenvalue weighted by atomic mass is 10.3. The van der Waals surface area contributed by atoms with Gasteiger partial charge in [0.15, 0.2) is 0 Å².